The van der Waals surface area contributed by atoms with Crippen molar-refractivity contribution < 1.29 is 31.6 Å². The van der Waals surface area contributed by atoms with E-state index in [1.807, 2.05) is 0 Å². The maximum atomic E-state index is 12.8. The highest BCUT2D eigenvalue weighted by Gasteiger charge is 2.27. The van der Waals surface area contributed by atoms with Gasteiger partial charge in [0.05, 0.1) is 24.8 Å². The van der Waals surface area contributed by atoms with Crippen LogP contribution < -0.4 is 19.0 Å². The molecule has 1 aromatic carbocycles. The van der Waals surface area contributed by atoms with Crippen LogP contribution in [0.25, 0.3) is 0 Å². The van der Waals surface area contributed by atoms with Crippen LogP contribution in [-0.2, 0) is 21.3 Å². The van der Waals surface area contributed by atoms with E-state index in [-0.39, 0.29) is 29.3 Å². The quantitative estimate of drug-likeness (QED) is 0.476. The number of rotatable bonds is 7. The van der Waals surface area contributed by atoms with E-state index < -0.39 is 16.2 Å². The maximum absolute atomic E-state index is 12.8. The summed E-state index contributed by atoms with van der Waals surface area (Å²) in [6.45, 7) is 1.57. The normalized spacial score (nSPS) is 17.9. The number of nitrogens with zero attached hydrogens (tertiary/aromatic N) is 2. The number of ether oxygens (including phenoxy) is 3. The monoisotopic (exact) mass is 511 g/mol. The number of fused-ring (bicyclic) bond motifs is 1. The number of benzene rings is 1. The number of nitrogens with one attached hydrogen (secondary N) is 1. The smallest absolute Gasteiger partial charge is 0.340 e. The van der Waals surface area contributed by atoms with Crippen molar-refractivity contribution in [3.05, 3.63) is 72.2 Å². The van der Waals surface area contributed by atoms with Crippen molar-refractivity contribution in [1.82, 2.24) is 15.3 Å². The molecule has 0 spiro atoms. The molecule has 2 aromatic heterocycles. The molecule has 4 heterocycles. The van der Waals surface area contributed by atoms with E-state index in [1.165, 1.54) is 30.7 Å². The standard InChI is InChI=1S/C25H25N3O7S/c29-25(17-6-7-24(27-14-17)34-19-8-11-32-12-9-19)28-18-13-21-22(33-16-18)4-1-5-23(21)35-36(30,31)20-3-2-10-26-15-20/h1-7,10,14-15,18-19H,8-9,11-13,16H2,(H,28,29). The predicted octanol–water partition coefficient (Wildman–Crippen LogP) is 2.54. The van der Waals surface area contributed by atoms with Crippen LogP contribution in [0.4, 0.5) is 0 Å². The molecule has 188 valence electrons. The molecule has 1 atom stereocenters. The van der Waals surface area contributed by atoms with E-state index in [9.17, 15) is 13.2 Å². The summed E-state index contributed by atoms with van der Waals surface area (Å²) in [6.07, 6.45) is 6.17. The van der Waals surface area contributed by atoms with Crippen molar-refractivity contribution in [1.29, 1.82) is 0 Å². The molecule has 5 rings (SSSR count). The van der Waals surface area contributed by atoms with Gasteiger partial charge in [0.15, 0.2) is 0 Å². The second-order valence-electron chi connectivity index (χ2n) is 8.46. The molecule has 2 aliphatic rings. The lowest BCUT2D eigenvalue weighted by Gasteiger charge is -2.27. The number of pyridine rings is 2. The molecular formula is C25H25N3O7S. The largest absolute Gasteiger partial charge is 0.491 e. The fourth-order valence-corrected chi connectivity index (χ4v) is 4.95. The van der Waals surface area contributed by atoms with E-state index in [0.717, 1.165) is 12.8 Å². The average Bonchev–Trinajstić information content (AvgIpc) is 2.90. The van der Waals surface area contributed by atoms with Crippen LogP contribution in [0.1, 0.15) is 28.8 Å². The Balaban J connectivity index is 1.24. The summed E-state index contributed by atoms with van der Waals surface area (Å²) in [7, 11) is -4.08. The van der Waals surface area contributed by atoms with E-state index in [4.69, 9.17) is 18.4 Å². The second-order valence-corrected chi connectivity index (χ2v) is 10.0. The lowest BCUT2D eigenvalue weighted by molar-refractivity contribution is 0.0237. The number of aromatic nitrogens is 2. The number of amides is 1. The van der Waals surface area contributed by atoms with Gasteiger partial charge >= 0.3 is 10.1 Å². The Hall–Kier alpha value is -3.70. The Labute approximate surface area is 208 Å². The zero-order chi connectivity index (χ0) is 25.0. The van der Waals surface area contributed by atoms with E-state index in [2.05, 4.69) is 15.3 Å². The number of hydrogen-bond donors (Lipinski definition) is 1. The minimum Gasteiger partial charge on any atom is -0.491 e. The molecule has 1 saturated heterocycles. The summed E-state index contributed by atoms with van der Waals surface area (Å²) in [5.41, 5.74) is 0.934. The summed E-state index contributed by atoms with van der Waals surface area (Å²) < 4.78 is 47.8. The highest BCUT2D eigenvalue weighted by Crippen LogP contribution is 2.34. The van der Waals surface area contributed by atoms with Crippen molar-refractivity contribution in [2.45, 2.75) is 36.3 Å². The van der Waals surface area contributed by atoms with Gasteiger partial charge in [-0.25, -0.2) is 4.98 Å². The summed E-state index contributed by atoms with van der Waals surface area (Å²) in [5, 5.41) is 2.92. The third-order valence-electron chi connectivity index (χ3n) is 5.89. The zero-order valence-electron chi connectivity index (χ0n) is 19.3. The van der Waals surface area contributed by atoms with Crippen molar-refractivity contribution in [2.75, 3.05) is 19.8 Å². The SMILES string of the molecule is O=C(NC1COc2cccc(OS(=O)(=O)c3cccnc3)c2C1)c1ccc(OC2CCOCC2)nc1. The Morgan fingerprint density at radius 1 is 1.06 bits per heavy atom. The second kappa shape index (κ2) is 10.5. The molecule has 10 nitrogen and oxygen atoms in total. The summed E-state index contributed by atoms with van der Waals surface area (Å²) in [6, 6.07) is 10.8. The van der Waals surface area contributed by atoms with Gasteiger partial charge in [-0.2, -0.15) is 8.42 Å². The molecule has 3 aromatic rings. The lowest BCUT2D eigenvalue weighted by atomic mass is 10.0. The van der Waals surface area contributed by atoms with Gasteiger partial charge in [-0.1, -0.05) is 6.07 Å². The van der Waals surface area contributed by atoms with Crippen molar-refractivity contribution in [3.63, 3.8) is 0 Å². The van der Waals surface area contributed by atoms with Crippen LogP contribution >= 0.6 is 0 Å². The van der Waals surface area contributed by atoms with Crippen LogP contribution in [0.3, 0.4) is 0 Å². The van der Waals surface area contributed by atoms with Gasteiger partial charge in [0.25, 0.3) is 5.91 Å². The van der Waals surface area contributed by atoms with Gasteiger partial charge in [0, 0.05) is 49.5 Å². The molecule has 0 radical (unpaired) electrons. The van der Waals surface area contributed by atoms with E-state index in [0.29, 0.717) is 42.4 Å². The Kier molecular flexibility index (Phi) is 7.01. The fraction of sp³-hybridized carbons (Fsp3) is 0.320. The minimum absolute atomic E-state index is 0.0547. The predicted molar refractivity (Wildman–Crippen MR) is 128 cm³/mol. The first-order valence-electron chi connectivity index (χ1n) is 11.6. The van der Waals surface area contributed by atoms with Crippen LogP contribution in [0.5, 0.6) is 17.4 Å². The molecule has 1 amide bonds. The van der Waals surface area contributed by atoms with Crippen LogP contribution in [0.15, 0.2) is 66.0 Å². The molecule has 1 fully saturated rings. The van der Waals surface area contributed by atoms with Gasteiger partial charge in [-0.15, -0.1) is 0 Å². The molecular weight excluding hydrogens is 486 g/mol. The Morgan fingerprint density at radius 2 is 1.92 bits per heavy atom. The van der Waals surface area contributed by atoms with Crippen LogP contribution in [0, 0.1) is 0 Å². The topological polar surface area (TPSA) is 126 Å². The number of carbonyl (C=O) groups excluding carboxylic acids is 1. The molecule has 0 aliphatic carbocycles. The molecule has 1 N–H and O–H groups in total. The molecule has 36 heavy (non-hydrogen) atoms. The first kappa shape index (κ1) is 24.0. The lowest BCUT2D eigenvalue weighted by Crippen LogP contribution is -2.42. The van der Waals surface area contributed by atoms with Crippen molar-refractivity contribution >= 4 is 16.0 Å². The van der Waals surface area contributed by atoms with Gasteiger partial charge in [-0.3, -0.25) is 9.78 Å². The zero-order valence-corrected chi connectivity index (χ0v) is 20.1. The minimum atomic E-state index is -4.08. The van der Waals surface area contributed by atoms with Gasteiger partial charge in [0.2, 0.25) is 5.88 Å². The number of hydrogen-bond acceptors (Lipinski definition) is 9. The van der Waals surface area contributed by atoms with Gasteiger partial charge in [0.1, 0.15) is 29.1 Å². The van der Waals surface area contributed by atoms with E-state index in [1.54, 1.807) is 30.3 Å². The summed E-state index contributed by atoms with van der Waals surface area (Å²) in [4.78, 5) is 20.9. The first-order valence-corrected chi connectivity index (χ1v) is 13.0. The first-order chi connectivity index (χ1) is 17.5. The van der Waals surface area contributed by atoms with Gasteiger partial charge < -0.3 is 23.7 Å². The van der Waals surface area contributed by atoms with Crippen LogP contribution in [-0.4, -0.2) is 56.3 Å². The van der Waals surface area contributed by atoms with Crippen LogP contribution in [0.2, 0.25) is 0 Å². The third-order valence-corrected chi connectivity index (χ3v) is 7.11. The molecule has 11 heteroatoms. The highest BCUT2D eigenvalue weighted by molar-refractivity contribution is 7.87. The molecule has 0 saturated carbocycles. The molecule has 2 aliphatic heterocycles. The fourth-order valence-electron chi connectivity index (χ4n) is 4.03. The van der Waals surface area contributed by atoms with Crippen molar-refractivity contribution in [2.24, 2.45) is 0 Å². The molecule has 0 bridgehead atoms. The van der Waals surface area contributed by atoms with E-state index >= 15 is 0 Å². The Morgan fingerprint density at radius 3 is 2.67 bits per heavy atom. The summed E-state index contributed by atoms with van der Waals surface area (Å²) >= 11 is 0. The number of carbonyl (C=O) groups is 1. The highest BCUT2D eigenvalue weighted by atomic mass is 32.2. The Bertz CT molecular complexity index is 1310. The average molecular weight is 512 g/mol. The van der Waals surface area contributed by atoms with Crippen molar-refractivity contribution in [3.8, 4) is 17.4 Å². The third kappa shape index (κ3) is 5.58. The summed E-state index contributed by atoms with van der Waals surface area (Å²) in [5.74, 6) is 0.797. The maximum Gasteiger partial charge on any atom is 0.340 e. The molecule has 1 unspecified atom stereocenters. The van der Waals surface area contributed by atoms with Gasteiger partial charge in [-0.05, 0) is 30.3 Å².